The van der Waals surface area contributed by atoms with Gasteiger partial charge in [0.25, 0.3) is 0 Å². The molecule has 110 valence electrons. The Morgan fingerprint density at radius 3 is 2.90 bits per heavy atom. The van der Waals surface area contributed by atoms with Crippen molar-refractivity contribution in [2.45, 2.75) is 19.4 Å². The molecule has 1 unspecified atom stereocenters. The normalized spacial score (nSPS) is 19.0. The van der Waals surface area contributed by atoms with Gasteiger partial charge in [-0.2, -0.15) is 0 Å². The molecule has 1 atom stereocenters. The fourth-order valence-electron chi connectivity index (χ4n) is 2.56. The first-order valence-corrected chi connectivity index (χ1v) is 7.46. The summed E-state index contributed by atoms with van der Waals surface area (Å²) in [7, 11) is 2.08. The molecule has 2 N–H and O–H groups in total. The Bertz CT molecular complexity index is 401. The SMILES string of the molecule is CN(CCNC(=O)C1CCCNC1)Cc1ccccc1. The van der Waals surface area contributed by atoms with E-state index in [1.165, 1.54) is 5.56 Å². The maximum Gasteiger partial charge on any atom is 0.224 e. The van der Waals surface area contributed by atoms with Gasteiger partial charge in [-0.3, -0.25) is 4.79 Å². The summed E-state index contributed by atoms with van der Waals surface area (Å²) in [5.41, 5.74) is 1.30. The van der Waals surface area contributed by atoms with E-state index in [1.807, 2.05) is 6.07 Å². The van der Waals surface area contributed by atoms with Crippen LogP contribution in [0.25, 0.3) is 0 Å². The molecule has 1 saturated heterocycles. The van der Waals surface area contributed by atoms with Crippen molar-refractivity contribution in [3.8, 4) is 0 Å². The van der Waals surface area contributed by atoms with Crippen molar-refractivity contribution in [2.75, 3.05) is 33.2 Å². The van der Waals surface area contributed by atoms with Crippen molar-refractivity contribution >= 4 is 5.91 Å². The van der Waals surface area contributed by atoms with E-state index in [0.29, 0.717) is 0 Å². The van der Waals surface area contributed by atoms with E-state index in [2.05, 4.69) is 46.8 Å². The summed E-state index contributed by atoms with van der Waals surface area (Å²) in [6.45, 7) is 4.39. The molecule has 1 aliphatic rings. The lowest BCUT2D eigenvalue weighted by molar-refractivity contribution is -0.125. The summed E-state index contributed by atoms with van der Waals surface area (Å²) in [6.07, 6.45) is 2.12. The Morgan fingerprint density at radius 2 is 2.20 bits per heavy atom. The number of amides is 1. The van der Waals surface area contributed by atoms with E-state index < -0.39 is 0 Å². The average Bonchev–Trinajstić information content (AvgIpc) is 2.49. The van der Waals surface area contributed by atoms with Crippen LogP contribution in [0.15, 0.2) is 30.3 Å². The predicted molar refractivity (Wildman–Crippen MR) is 81.4 cm³/mol. The lowest BCUT2D eigenvalue weighted by Gasteiger charge is -2.23. The highest BCUT2D eigenvalue weighted by Gasteiger charge is 2.20. The standard InChI is InChI=1S/C16H25N3O/c1-19(13-14-6-3-2-4-7-14)11-10-18-16(20)15-8-5-9-17-12-15/h2-4,6-7,15,17H,5,8-13H2,1H3,(H,18,20). The van der Waals surface area contributed by atoms with E-state index in [9.17, 15) is 4.79 Å². The summed E-state index contributed by atoms with van der Waals surface area (Å²) in [6, 6.07) is 10.4. The largest absolute Gasteiger partial charge is 0.355 e. The van der Waals surface area contributed by atoms with Crippen LogP contribution < -0.4 is 10.6 Å². The molecule has 1 aromatic rings. The summed E-state index contributed by atoms with van der Waals surface area (Å²) >= 11 is 0. The minimum Gasteiger partial charge on any atom is -0.355 e. The third kappa shape index (κ3) is 4.94. The van der Waals surface area contributed by atoms with Crippen molar-refractivity contribution in [1.29, 1.82) is 0 Å². The third-order valence-corrected chi connectivity index (χ3v) is 3.76. The zero-order valence-corrected chi connectivity index (χ0v) is 12.3. The molecule has 0 radical (unpaired) electrons. The molecule has 0 spiro atoms. The first kappa shape index (κ1) is 15.0. The summed E-state index contributed by atoms with van der Waals surface area (Å²) in [5.74, 6) is 0.355. The number of carbonyl (C=O) groups is 1. The molecule has 0 aliphatic carbocycles. The van der Waals surface area contributed by atoms with Crippen molar-refractivity contribution in [3.05, 3.63) is 35.9 Å². The van der Waals surface area contributed by atoms with Crippen LogP contribution in [0, 0.1) is 5.92 Å². The molecule has 0 bridgehead atoms. The Labute approximate surface area is 121 Å². The number of benzene rings is 1. The van der Waals surface area contributed by atoms with Crippen LogP contribution >= 0.6 is 0 Å². The number of nitrogens with zero attached hydrogens (tertiary/aromatic N) is 1. The molecule has 1 aromatic carbocycles. The molecule has 0 aromatic heterocycles. The molecule has 4 nitrogen and oxygen atoms in total. The number of hydrogen-bond donors (Lipinski definition) is 2. The van der Waals surface area contributed by atoms with Crippen molar-refractivity contribution in [3.63, 3.8) is 0 Å². The van der Waals surface area contributed by atoms with Gasteiger partial charge in [0.2, 0.25) is 5.91 Å². The minimum absolute atomic E-state index is 0.156. The average molecular weight is 275 g/mol. The fraction of sp³-hybridized carbons (Fsp3) is 0.562. The van der Waals surface area contributed by atoms with Gasteiger partial charge >= 0.3 is 0 Å². The van der Waals surface area contributed by atoms with E-state index in [1.54, 1.807) is 0 Å². The highest BCUT2D eigenvalue weighted by atomic mass is 16.1. The van der Waals surface area contributed by atoms with Gasteiger partial charge in [-0.05, 0) is 32.0 Å². The van der Waals surface area contributed by atoms with Crippen molar-refractivity contribution in [2.24, 2.45) is 5.92 Å². The van der Waals surface area contributed by atoms with E-state index >= 15 is 0 Å². The minimum atomic E-state index is 0.156. The Balaban J connectivity index is 1.63. The maximum absolute atomic E-state index is 12.0. The van der Waals surface area contributed by atoms with Crippen molar-refractivity contribution < 1.29 is 4.79 Å². The van der Waals surface area contributed by atoms with Crippen LogP contribution in [0.2, 0.25) is 0 Å². The first-order valence-electron chi connectivity index (χ1n) is 7.46. The van der Waals surface area contributed by atoms with Crippen LogP contribution in [-0.4, -0.2) is 44.0 Å². The number of hydrogen-bond acceptors (Lipinski definition) is 3. The highest BCUT2D eigenvalue weighted by Crippen LogP contribution is 2.09. The second kappa shape index (κ2) is 8.02. The highest BCUT2D eigenvalue weighted by molar-refractivity contribution is 5.78. The summed E-state index contributed by atoms with van der Waals surface area (Å²) in [4.78, 5) is 14.2. The fourth-order valence-corrected chi connectivity index (χ4v) is 2.56. The predicted octanol–water partition coefficient (Wildman–Crippen LogP) is 1.23. The van der Waals surface area contributed by atoms with Crippen LogP contribution in [-0.2, 0) is 11.3 Å². The van der Waals surface area contributed by atoms with Gasteiger partial charge in [0, 0.05) is 26.2 Å². The molecular weight excluding hydrogens is 250 g/mol. The van der Waals surface area contributed by atoms with Gasteiger partial charge in [0.15, 0.2) is 0 Å². The number of nitrogens with one attached hydrogen (secondary N) is 2. The number of carbonyl (C=O) groups excluding carboxylic acids is 1. The second-order valence-electron chi connectivity index (χ2n) is 5.56. The summed E-state index contributed by atoms with van der Waals surface area (Å²) in [5, 5.41) is 6.32. The lowest BCUT2D eigenvalue weighted by atomic mass is 9.99. The molecule has 1 amide bonds. The van der Waals surface area contributed by atoms with E-state index in [4.69, 9.17) is 0 Å². The van der Waals surface area contributed by atoms with Crippen LogP contribution in [0.1, 0.15) is 18.4 Å². The van der Waals surface area contributed by atoms with Gasteiger partial charge < -0.3 is 15.5 Å². The molecule has 1 heterocycles. The van der Waals surface area contributed by atoms with Crippen LogP contribution in [0.5, 0.6) is 0 Å². The van der Waals surface area contributed by atoms with Crippen LogP contribution in [0.4, 0.5) is 0 Å². The van der Waals surface area contributed by atoms with Crippen LogP contribution in [0.3, 0.4) is 0 Å². The number of piperidine rings is 1. The van der Waals surface area contributed by atoms with E-state index in [-0.39, 0.29) is 11.8 Å². The van der Waals surface area contributed by atoms with Gasteiger partial charge in [0.05, 0.1) is 5.92 Å². The second-order valence-corrected chi connectivity index (χ2v) is 5.56. The van der Waals surface area contributed by atoms with Gasteiger partial charge in [0.1, 0.15) is 0 Å². The number of rotatable bonds is 6. The first-order chi connectivity index (χ1) is 9.75. The molecule has 1 aliphatic heterocycles. The quantitative estimate of drug-likeness (QED) is 0.821. The Morgan fingerprint density at radius 1 is 1.40 bits per heavy atom. The third-order valence-electron chi connectivity index (χ3n) is 3.76. The van der Waals surface area contributed by atoms with Gasteiger partial charge in [-0.25, -0.2) is 0 Å². The Kier molecular flexibility index (Phi) is 6.02. The molecule has 2 rings (SSSR count). The van der Waals surface area contributed by atoms with Gasteiger partial charge in [-0.15, -0.1) is 0 Å². The van der Waals surface area contributed by atoms with Crippen molar-refractivity contribution in [1.82, 2.24) is 15.5 Å². The topological polar surface area (TPSA) is 44.4 Å². The molecular formula is C16H25N3O. The number of likely N-dealkylation sites (N-methyl/N-ethyl adjacent to an activating group) is 1. The monoisotopic (exact) mass is 275 g/mol. The summed E-state index contributed by atoms with van der Waals surface area (Å²) < 4.78 is 0. The molecule has 20 heavy (non-hydrogen) atoms. The molecule has 0 saturated carbocycles. The molecule has 4 heteroatoms. The molecule has 1 fully saturated rings. The smallest absolute Gasteiger partial charge is 0.224 e. The van der Waals surface area contributed by atoms with Gasteiger partial charge in [-0.1, -0.05) is 30.3 Å². The zero-order valence-electron chi connectivity index (χ0n) is 12.3. The lowest BCUT2D eigenvalue weighted by Crippen LogP contribution is -2.42. The maximum atomic E-state index is 12.0. The zero-order chi connectivity index (χ0) is 14.2. The Hall–Kier alpha value is -1.39. The van der Waals surface area contributed by atoms with E-state index in [0.717, 1.165) is 45.6 Å².